The van der Waals surface area contributed by atoms with Crippen LogP contribution in [0.5, 0.6) is 0 Å². The van der Waals surface area contributed by atoms with Crippen molar-refractivity contribution in [1.82, 2.24) is 0 Å². The van der Waals surface area contributed by atoms with Crippen LogP contribution in [0.2, 0.25) is 0 Å². The van der Waals surface area contributed by atoms with Crippen LogP contribution in [0.4, 0.5) is 0 Å². The minimum Gasteiger partial charge on any atom is -0.382 e. The minimum atomic E-state index is -1.09. The first kappa shape index (κ1) is 9.63. The molecule has 0 aromatic rings. The van der Waals surface area contributed by atoms with Gasteiger partial charge in [0.15, 0.2) is 5.78 Å². The summed E-state index contributed by atoms with van der Waals surface area (Å²) in [5.74, 6) is -0.0440. The first-order valence-electron chi connectivity index (χ1n) is 3.80. The summed E-state index contributed by atoms with van der Waals surface area (Å²) in [7, 11) is 0. The van der Waals surface area contributed by atoms with Crippen LogP contribution in [0.25, 0.3) is 0 Å². The zero-order chi connectivity index (χ0) is 8.20. The average Bonchev–Trinajstić information content (AvgIpc) is 1.89. The van der Waals surface area contributed by atoms with E-state index in [4.69, 9.17) is 0 Å². The second-order valence-electron chi connectivity index (χ2n) is 2.80. The Hall–Kier alpha value is -0.370. The van der Waals surface area contributed by atoms with Crippen LogP contribution in [0, 0.1) is 0 Å². The number of carbonyl (C=O) groups is 1. The maximum Gasteiger partial charge on any atom is 0.164 e. The molecule has 0 aromatic carbocycles. The summed E-state index contributed by atoms with van der Waals surface area (Å²) in [5.41, 5.74) is -1.09. The summed E-state index contributed by atoms with van der Waals surface area (Å²) in [6.07, 6.45) is 1.81. The number of carbonyl (C=O) groups excluding carboxylic acids is 1. The van der Waals surface area contributed by atoms with E-state index >= 15 is 0 Å². The lowest BCUT2D eigenvalue weighted by Crippen LogP contribution is -2.33. The van der Waals surface area contributed by atoms with Gasteiger partial charge >= 0.3 is 0 Å². The van der Waals surface area contributed by atoms with Crippen LogP contribution in [-0.4, -0.2) is 16.5 Å². The Morgan fingerprint density at radius 3 is 2.30 bits per heavy atom. The Morgan fingerprint density at radius 1 is 1.50 bits per heavy atom. The van der Waals surface area contributed by atoms with E-state index in [0.717, 1.165) is 6.42 Å². The highest BCUT2D eigenvalue weighted by Crippen LogP contribution is 2.12. The fourth-order valence-electron chi connectivity index (χ4n) is 0.694. The van der Waals surface area contributed by atoms with Crippen molar-refractivity contribution in [1.29, 1.82) is 0 Å². The number of rotatable bonds is 4. The summed E-state index contributed by atoms with van der Waals surface area (Å²) >= 11 is 0. The predicted octanol–water partition coefficient (Wildman–Crippen LogP) is 1.52. The zero-order valence-corrected chi connectivity index (χ0v) is 6.98. The minimum absolute atomic E-state index is 0.0440. The van der Waals surface area contributed by atoms with E-state index in [1.54, 1.807) is 6.92 Å². The third-order valence-corrected chi connectivity index (χ3v) is 1.77. The van der Waals surface area contributed by atoms with Crippen LogP contribution in [0.1, 0.15) is 40.0 Å². The fourth-order valence-corrected chi connectivity index (χ4v) is 0.694. The summed E-state index contributed by atoms with van der Waals surface area (Å²) in [6.45, 7) is 5.32. The second kappa shape index (κ2) is 3.71. The largest absolute Gasteiger partial charge is 0.382 e. The molecular weight excluding hydrogens is 128 g/mol. The van der Waals surface area contributed by atoms with E-state index < -0.39 is 5.60 Å². The van der Waals surface area contributed by atoms with E-state index in [0.29, 0.717) is 12.8 Å². The van der Waals surface area contributed by atoms with Crippen molar-refractivity contribution in [3.05, 3.63) is 0 Å². The summed E-state index contributed by atoms with van der Waals surface area (Å²) in [5, 5.41) is 9.37. The maximum atomic E-state index is 11.0. The van der Waals surface area contributed by atoms with E-state index in [1.165, 1.54) is 0 Å². The molecule has 1 unspecified atom stereocenters. The van der Waals surface area contributed by atoms with Gasteiger partial charge in [0.2, 0.25) is 0 Å². The molecule has 1 atom stereocenters. The fraction of sp³-hybridized carbons (Fsp3) is 0.875. The molecule has 60 valence electrons. The highest BCUT2D eigenvalue weighted by atomic mass is 16.3. The van der Waals surface area contributed by atoms with Crippen molar-refractivity contribution in [2.24, 2.45) is 0 Å². The molecule has 0 bridgehead atoms. The quantitative estimate of drug-likeness (QED) is 0.649. The molecule has 0 rings (SSSR count). The molecule has 0 aromatic heterocycles. The highest BCUT2D eigenvalue weighted by Gasteiger charge is 2.25. The molecule has 10 heavy (non-hydrogen) atoms. The molecule has 0 saturated heterocycles. The van der Waals surface area contributed by atoms with Crippen LogP contribution in [-0.2, 0) is 4.79 Å². The molecule has 0 fully saturated rings. The van der Waals surface area contributed by atoms with Crippen molar-refractivity contribution in [3.8, 4) is 0 Å². The molecule has 0 radical (unpaired) electrons. The number of Topliss-reactive ketones (excluding diaryl/α,β-unsaturated/α-hetero) is 1. The first-order valence-corrected chi connectivity index (χ1v) is 3.80. The lowest BCUT2D eigenvalue weighted by Gasteiger charge is -2.18. The van der Waals surface area contributed by atoms with Crippen molar-refractivity contribution < 1.29 is 9.90 Å². The van der Waals surface area contributed by atoms with Gasteiger partial charge in [-0.2, -0.15) is 0 Å². The first-order chi connectivity index (χ1) is 4.54. The maximum absolute atomic E-state index is 11.0. The topological polar surface area (TPSA) is 37.3 Å². The van der Waals surface area contributed by atoms with Gasteiger partial charge in [-0.05, 0) is 19.8 Å². The normalized spacial score (nSPS) is 16.4. The Kier molecular flexibility index (Phi) is 3.58. The molecule has 2 nitrogen and oxygen atoms in total. The predicted molar refractivity (Wildman–Crippen MR) is 40.8 cm³/mol. The lowest BCUT2D eigenvalue weighted by molar-refractivity contribution is -0.135. The number of ketones is 1. The van der Waals surface area contributed by atoms with Crippen molar-refractivity contribution >= 4 is 5.78 Å². The highest BCUT2D eigenvalue weighted by molar-refractivity contribution is 5.86. The third-order valence-electron chi connectivity index (χ3n) is 1.77. The number of aliphatic hydroxyl groups is 1. The van der Waals surface area contributed by atoms with Gasteiger partial charge < -0.3 is 5.11 Å². The molecule has 1 N–H and O–H groups in total. The lowest BCUT2D eigenvalue weighted by atomic mass is 9.95. The van der Waals surface area contributed by atoms with Gasteiger partial charge in [0.25, 0.3) is 0 Å². The molecule has 0 aliphatic heterocycles. The molecule has 0 saturated carbocycles. The van der Waals surface area contributed by atoms with Gasteiger partial charge in [-0.25, -0.2) is 0 Å². The van der Waals surface area contributed by atoms with E-state index in [9.17, 15) is 9.90 Å². The second-order valence-corrected chi connectivity index (χ2v) is 2.80. The standard InChI is InChI=1S/C8H16O2/c1-4-6-7(9)8(3,10)5-2/h10H,4-6H2,1-3H3. The van der Waals surface area contributed by atoms with Crippen LogP contribution in [0.15, 0.2) is 0 Å². The summed E-state index contributed by atoms with van der Waals surface area (Å²) in [4.78, 5) is 11.0. The molecule has 0 heterocycles. The molecule has 0 amide bonds. The third kappa shape index (κ3) is 2.48. The molecule has 0 aliphatic carbocycles. The van der Waals surface area contributed by atoms with Gasteiger partial charge in [0.1, 0.15) is 5.60 Å². The molecule has 2 heteroatoms. The SMILES string of the molecule is CCCC(=O)C(C)(O)CC. The Bertz CT molecular complexity index is 116. The Balaban J connectivity index is 3.91. The summed E-state index contributed by atoms with van der Waals surface area (Å²) < 4.78 is 0. The van der Waals surface area contributed by atoms with E-state index in [1.807, 2.05) is 13.8 Å². The Morgan fingerprint density at radius 2 is 2.00 bits per heavy atom. The monoisotopic (exact) mass is 144 g/mol. The summed E-state index contributed by atoms with van der Waals surface area (Å²) in [6, 6.07) is 0. The van der Waals surface area contributed by atoms with E-state index in [-0.39, 0.29) is 5.78 Å². The van der Waals surface area contributed by atoms with Gasteiger partial charge in [-0.15, -0.1) is 0 Å². The van der Waals surface area contributed by atoms with E-state index in [2.05, 4.69) is 0 Å². The number of hydrogen-bond acceptors (Lipinski definition) is 2. The van der Waals surface area contributed by atoms with Gasteiger partial charge in [0.05, 0.1) is 0 Å². The van der Waals surface area contributed by atoms with Crippen molar-refractivity contribution in [2.75, 3.05) is 0 Å². The van der Waals surface area contributed by atoms with Gasteiger partial charge in [0, 0.05) is 6.42 Å². The zero-order valence-electron chi connectivity index (χ0n) is 6.98. The molecule has 0 spiro atoms. The van der Waals surface area contributed by atoms with Crippen LogP contribution < -0.4 is 0 Å². The number of hydrogen-bond donors (Lipinski definition) is 1. The van der Waals surface area contributed by atoms with Crippen molar-refractivity contribution in [2.45, 2.75) is 45.6 Å². The Labute approximate surface area is 62.2 Å². The van der Waals surface area contributed by atoms with Crippen LogP contribution in [0.3, 0.4) is 0 Å². The van der Waals surface area contributed by atoms with Crippen LogP contribution >= 0.6 is 0 Å². The molecule has 0 aliphatic rings. The van der Waals surface area contributed by atoms with Crippen molar-refractivity contribution in [3.63, 3.8) is 0 Å². The van der Waals surface area contributed by atoms with Gasteiger partial charge in [-0.3, -0.25) is 4.79 Å². The molecular formula is C8H16O2. The average molecular weight is 144 g/mol. The smallest absolute Gasteiger partial charge is 0.164 e. The van der Waals surface area contributed by atoms with Gasteiger partial charge in [-0.1, -0.05) is 13.8 Å².